The Morgan fingerprint density at radius 2 is 1.97 bits per heavy atom. The number of benzene rings is 1. The van der Waals surface area contributed by atoms with Crippen LogP contribution in [0.3, 0.4) is 0 Å². The number of nitrogens with zero attached hydrogens (tertiary/aromatic N) is 4. The molecule has 0 aliphatic heterocycles. The molecule has 1 saturated carbocycles. The Morgan fingerprint density at radius 1 is 1.24 bits per heavy atom. The highest BCUT2D eigenvalue weighted by molar-refractivity contribution is 7.98. The predicted molar refractivity (Wildman–Crippen MR) is 120 cm³/mol. The predicted octanol–water partition coefficient (Wildman–Crippen LogP) is 5.04. The van der Waals surface area contributed by atoms with Crippen molar-refractivity contribution in [2.75, 3.05) is 25.7 Å². The molecule has 0 saturated heterocycles. The van der Waals surface area contributed by atoms with Crippen LogP contribution in [0.15, 0.2) is 42.1 Å². The summed E-state index contributed by atoms with van der Waals surface area (Å²) in [5, 5.41) is 8.74. The second-order valence-electron chi connectivity index (χ2n) is 8.32. The maximum absolute atomic E-state index is 12.4. The van der Waals surface area contributed by atoms with Crippen molar-refractivity contribution in [2.45, 2.75) is 39.1 Å². The molecule has 3 rings (SSSR count). The highest BCUT2D eigenvalue weighted by Crippen LogP contribution is 2.44. The fraction of sp³-hybridized carbons (Fsp3) is 0.591. The molecule has 0 unspecified atom stereocenters. The summed E-state index contributed by atoms with van der Waals surface area (Å²) < 4.78 is 48.8. The van der Waals surface area contributed by atoms with Gasteiger partial charge in [-0.05, 0) is 55.5 Å². The molecule has 7 nitrogen and oxygen atoms in total. The molecular weight excluding hydrogens is 457 g/mol. The van der Waals surface area contributed by atoms with E-state index in [0.717, 1.165) is 30.7 Å². The van der Waals surface area contributed by atoms with Gasteiger partial charge in [0.2, 0.25) is 0 Å². The van der Waals surface area contributed by atoms with E-state index in [1.807, 2.05) is 0 Å². The van der Waals surface area contributed by atoms with Crippen molar-refractivity contribution in [3.05, 3.63) is 36.9 Å². The molecule has 1 aromatic carbocycles. The summed E-state index contributed by atoms with van der Waals surface area (Å²) in [6.07, 6.45) is 3.39. The number of rotatable bonds is 10. The zero-order valence-corrected chi connectivity index (χ0v) is 19.7. The quantitative estimate of drug-likeness (QED) is 0.438. The molecule has 0 spiro atoms. The van der Waals surface area contributed by atoms with Crippen LogP contribution in [0.1, 0.15) is 26.2 Å². The highest BCUT2D eigenvalue weighted by Gasteiger charge is 2.44. The molecule has 1 aliphatic carbocycles. The first-order valence-electron chi connectivity index (χ1n) is 10.7. The van der Waals surface area contributed by atoms with Gasteiger partial charge in [-0.25, -0.2) is 4.98 Å². The van der Waals surface area contributed by atoms with Crippen LogP contribution in [0.25, 0.3) is 0 Å². The van der Waals surface area contributed by atoms with E-state index in [1.165, 1.54) is 30.6 Å². The highest BCUT2D eigenvalue weighted by atomic mass is 32.2. The number of oxime groups is 1. The van der Waals surface area contributed by atoms with E-state index in [1.54, 1.807) is 29.9 Å². The van der Waals surface area contributed by atoms with Crippen LogP contribution in [0.2, 0.25) is 0 Å². The summed E-state index contributed by atoms with van der Waals surface area (Å²) in [5.41, 5.74) is 0.889. The Morgan fingerprint density at radius 3 is 2.58 bits per heavy atom. The molecule has 1 heterocycles. The summed E-state index contributed by atoms with van der Waals surface area (Å²) in [6.45, 7) is 3.20. The van der Waals surface area contributed by atoms with Crippen molar-refractivity contribution in [3.63, 3.8) is 0 Å². The molecule has 11 heteroatoms. The molecular formula is C22H29F3N4O3S. The molecule has 3 atom stereocenters. The minimum atomic E-state index is -4.72. The van der Waals surface area contributed by atoms with Crippen LogP contribution in [0.4, 0.5) is 13.2 Å². The van der Waals surface area contributed by atoms with Crippen LogP contribution in [-0.2, 0) is 11.4 Å². The van der Waals surface area contributed by atoms with Gasteiger partial charge in [-0.15, -0.1) is 13.2 Å². The zero-order chi connectivity index (χ0) is 23.9. The molecule has 1 aliphatic rings. The van der Waals surface area contributed by atoms with Crippen LogP contribution >= 0.6 is 11.8 Å². The Labute approximate surface area is 195 Å². The Balaban J connectivity index is 1.76. The van der Waals surface area contributed by atoms with Gasteiger partial charge in [-0.1, -0.05) is 12.1 Å². The van der Waals surface area contributed by atoms with Gasteiger partial charge in [-0.3, -0.25) is 4.68 Å². The molecule has 2 aromatic rings. The third-order valence-corrected chi connectivity index (χ3v) is 6.64. The normalized spacial score (nSPS) is 24.6. The van der Waals surface area contributed by atoms with Crippen molar-refractivity contribution in [2.24, 2.45) is 22.4 Å². The first-order valence-corrected chi connectivity index (χ1v) is 12.0. The SMILES string of the molecule is CON=C1[C@@H](Cn2cncn2)[C@H](COc2ccc(OC(F)(F)F)cc2)CC[C@@]1(C)CCSC. The molecule has 0 N–H and O–H groups in total. The number of hydrogen-bond acceptors (Lipinski definition) is 7. The topological polar surface area (TPSA) is 70.8 Å². The van der Waals surface area contributed by atoms with E-state index in [4.69, 9.17) is 9.57 Å². The summed E-state index contributed by atoms with van der Waals surface area (Å²) in [5.74, 6) is 1.35. The van der Waals surface area contributed by atoms with Crippen LogP contribution < -0.4 is 9.47 Å². The largest absolute Gasteiger partial charge is 0.573 e. The molecule has 0 radical (unpaired) electrons. The van der Waals surface area contributed by atoms with Crippen molar-refractivity contribution < 1.29 is 27.5 Å². The summed E-state index contributed by atoms with van der Waals surface area (Å²) in [4.78, 5) is 9.31. The van der Waals surface area contributed by atoms with Crippen LogP contribution in [0.5, 0.6) is 11.5 Å². The van der Waals surface area contributed by atoms with Crippen LogP contribution in [-0.4, -0.2) is 52.6 Å². The molecule has 0 bridgehead atoms. The second-order valence-corrected chi connectivity index (χ2v) is 9.30. The number of ether oxygens (including phenoxy) is 2. The van der Waals surface area contributed by atoms with E-state index < -0.39 is 6.36 Å². The Hall–Kier alpha value is -2.43. The van der Waals surface area contributed by atoms with Crippen LogP contribution in [0, 0.1) is 17.3 Å². The van der Waals surface area contributed by atoms with Gasteiger partial charge in [0.1, 0.15) is 31.3 Å². The minimum absolute atomic E-state index is 0.0140. The Kier molecular flexibility index (Phi) is 8.50. The van der Waals surface area contributed by atoms with Gasteiger partial charge in [0, 0.05) is 17.3 Å². The number of halogens is 3. The minimum Gasteiger partial charge on any atom is -0.493 e. The zero-order valence-electron chi connectivity index (χ0n) is 18.9. The average molecular weight is 487 g/mol. The van der Waals surface area contributed by atoms with Crippen molar-refractivity contribution in [1.29, 1.82) is 0 Å². The van der Waals surface area contributed by atoms with Gasteiger partial charge >= 0.3 is 6.36 Å². The van der Waals surface area contributed by atoms with Crippen molar-refractivity contribution >= 4 is 17.5 Å². The number of aromatic nitrogens is 3. The van der Waals surface area contributed by atoms with E-state index >= 15 is 0 Å². The standard InChI is InChI=1S/C22H29F3N4O3S/c1-21(10-11-33-3)9-8-16(19(20(21)28-30-2)12-29-15-26-14-27-29)13-31-17-4-6-18(7-5-17)32-22(23,24)25/h4-7,14-16,19H,8-13H2,1-3H3/t16-,19-,21-/m0/s1. The first kappa shape index (κ1) is 25.2. The lowest BCUT2D eigenvalue weighted by Crippen LogP contribution is -2.46. The molecule has 182 valence electrons. The van der Waals surface area contributed by atoms with E-state index in [-0.39, 0.29) is 23.0 Å². The van der Waals surface area contributed by atoms with Gasteiger partial charge in [0.25, 0.3) is 0 Å². The monoisotopic (exact) mass is 486 g/mol. The lowest BCUT2D eigenvalue weighted by molar-refractivity contribution is -0.274. The molecule has 0 amide bonds. The fourth-order valence-electron chi connectivity index (χ4n) is 4.27. The average Bonchev–Trinajstić information content (AvgIpc) is 3.28. The van der Waals surface area contributed by atoms with E-state index in [2.05, 4.69) is 33.2 Å². The maximum atomic E-state index is 12.4. The summed E-state index contributed by atoms with van der Waals surface area (Å²) in [7, 11) is 1.55. The van der Waals surface area contributed by atoms with E-state index in [9.17, 15) is 13.2 Å². The van der Waals surface area contributed by atoms with E-state index in [0.29, 0.717) is 18.9 Å². The molecule has 1 aromatic heterocycles. The van der Waals surface area contributed by atoms with Crippen molar-refractivity contribution in [1.82, 2.24) is 14.8 Å². The van der Waals surface area contributed by atoms with Gasteiger partial charge < -0.3 is 14.3 Å². The van der Waals surface area contributed by atoms with Crippen molar-refractivity contribution in [3.8, 4) is 11.5 Å². The lowest BCUT2D eigenvalue weighted by Gasteiger charge is -2.43. The third-order valence-electron chi connectivity index (χ3n) is 6.02. The number of hydrogen-bond donors (Lipinski definition) is 0. The van der Waals surface area contributed by atoms with Gasteiger partial charge in [0.15, 0.2) is 0 Å². The number of thioether (sulfide) groups is 1. The summed E-state index contributed by atoms with van der Waals surface area (Å²) >= 11 is 1.80. The smallest absolute Gasteiger partial charge is 0.493 e. The number of alkyl halides is 3. The molecule has 1 fully saturated rings. The summed E-state index contributed by atoms with van der Waals surface area (Å²) in [6, 6.07) is 5.44. The molecule has 33 heavy (non-hydrogen) atoms. The second kappa shape index (κ2) is 11.1. The lowest BCUT2D eigenvalue weighted by atomic mass is 9.63. The Bertz CT molecular complexity index is 893. The first-order chi connectivity index (χ1) is 15.7. The van der Waals surface area contributed by atoms with Gasteiger partial charge in [0.05, 0.1) is 18.9 Å². The van der Waals surface area contributed by atoms with Gasteiger partial charge in [-0.2, -0.15) is 16.9 Å². The maximum Gasteiger partial charge on any atom is 0.573 e. The third kappa shape index (κ3) is 7.02. The fourth-order valence-corrected chi connectivity index (χ4v) is 4.92.